The molecule has 2 rings (SSSR count). The molecule has 0 bridgehead atoms. The van der Waals surface area contributed by atoms with Crippen LogP contribution in [0.3, 0.4) is 0 Å². The lowest BCUT2D eigenvalue weighted by molar-refractivity contribution is -0.132. The first-order chi connectivity index (χ1) is 11.0. The molecule has 0 aromatic carbocycles. The molecule has 1 aromatic heterocycles. The maximum absolute atomic E-state index is 12.7. The number of carbonyl (C=O) groups is 1. The van der Waals surface area contributed by atoms with Crippen molar-refractivity contribution in [1.82, 2.24) is 9.29 Å². The summed E-state index contributed by atoms with van der Waals surface area (Å²) in [4.78, 5) is 15.3. The fourth-order valence-electron chi connectivity index (χ4n) is 1.94. The number of rotatable bonds is 5. The Morgan fingerprint density at radius 2 is 2.13 bits per heavy atom. The third-order valence-corrected chi connectivity index (χ3v) is 5.10. The molecule has 1 fully saturated rings. The van der Waals surface area contributed by atoms with Gasteiger partial charge in [-0.3, -0.25) is 5.43 Å². The van der Waals surface area contributed by atoms with Crippen LogP contribution in [0, 0.1) is 0 Å². The van der Waals surface area contributed by atoms with Crippen LogP contribution in [0.15, 0.2) is 28.3 Å². The van der Waals surface area contributed by atoms with Gasteiger partial charge in [-0.1, -0.05) is 0 Å². The van der Waals surface area contributed by atoms with E-state index in [9.17, 15) is 13.2 Å². The second-order valence-electron chi connectivity index (χ2n) is 4.67. The largest absolute Gasteiger partial charge is 0.464 e. The van der Waals surface area contributed by atoms with Crippen molar-refractivity contribution in [2.45, 2.75) is 11.8 Å². The van der Waals surface area contributed by atoms with Gasteiger partial charge in [0.2, 0.25) is 10.0 Å². The lowest BCUT2D eigenvalue weighted by Crippen LogP contribution is -2.40. The van der Waals surface area contributed by atoms with Gasteiger partial charge in [-0.2, -0.15) is 9.41 Å². The predicted molar refractivity (Wildman–Crippen MR) is 82.6 cm³/mol. The minimum absolute atomic E-state index is 0.0108. The van der Waals surface area contributed by atoms with Gasteiger partial charge in [-0.25, -0.2) is 18.2 Å². The quantitative estimate of drug-likeness (QED) is 0.458. The fraction of sp³-hybridized carbons (Fsp3) is 0.462. The summed E-state index contributed by atoms with van der Waals surface area (Å²) < 4.78 is 36.4. The van der Waals surface area contributed by atoms with Crippen molar-refractivity contribution in [1.29, 1.82) is 0 Å². The number of nitrogens with zero attached hydrogens (tertiary/aromatic N) is 3. The van der Waals surface area contributed by atoms with Crippen LogP contribution in [-0.2, 0) is 24.3 Å². The molecule has 1 N–H and O–H groups in total. The first kappa shape index (κ1) is 17.3. The van der Waals surface area contributed by atoms with Crippen LogP contribution in [0.2, 0.25) is 0 Å². The number of hydrazone groups is 1. The van der Waals surface area contributed by atoms with E-state index in [0.29, 0.717) is 13.2 Å². The number of hydrogen-bond donors (Lipinski definition) is 1. The Balaban J connectivity index is 2.28. The smallest absolute Gasteiger partial charge is 0.353 e. The van der Waals surface area contributed by atoms with Gasteiger partial charge < -0.3 is 9.47 Å². The topological polar surface area (TPSA) is 110 Å². The van der Waals surface area contributed by atoms with Crippen LogP contribution in [0.5, 0.6) is 0 Å². The molecule has 9 nitrogen and oxygen atoms in total. The molecule has 0 saturated carbocycles. The number of methoxy groups -OCH3 is 1. The highest BCUT2D eigenvalue weighted by molar-refractivity contribution is 7.89. The molecule has 10 heteroatoms. The average molecular weight is 342 g/mol. The molecule has 2 heterocycles. The van der Waals surface area contributed by atoms with E-state index < -0.39 is 16.0 Å². The summed E-state index contributed by atoms with van der Waals surface area (Å²) in [5, 5.41) is 3.81. The number of nitrogens with one attached hydrogen (secondary N) is 1. The van der Waals surface area contributed by atoms with E-state index in [1.165, 1.54) is 36.7 Å². The molecule has 1 aliphatic rings. The monoisotopic (exact) mass is 342 g/mol. The molecule has 0 radical (unpaired) electrons. The van der Waals surface area contributed by atoms with Gasteiger partial charge in [0, 0.05) is 19.3 Å². The van der Waals surface area contributed by atoms with Gasteiger partial charge >= 0.3 is 5.97 Å². The van der Waals surface area contributed by atoms with E-state index in [1.54, 1.807) is 0 Å². The number of pyridine rings is 1. The third-order valence-electron chi connectivity index (χ3n) is 3.17. The third kappa shape index (κ3) is 4.03. The minimum atomic E-state index is -3.72. The number of aromatic nitrogens is 1. The number of esters is 1. The molecular formula is C13H18N4O5S. The number of carbonyl (C=O) groups excluding carboxylic acids is 1. The summed E-state index contributed by atoms with van der Waals surface area (Å²) in [6.45, 7) is 2.70. The first-order valence-electron chi connectivity index (χ1n) is 6.88. The maximum Gasteiger partial charge on any atom is 0.353 e. The average Bonchev–Trinajstić information content (AvgIpc) is 2.59. The molecule has 0 spiro atoms. The summed E-state index contributed by atoms with van der Waals surface area (Å²) in [7, 11) is -2.49. The number of morpholine rings is 1. The normalized spacial score (nSPS) is 16.9. The standard InChI is InChI=1S/C13H18N4O5S/c1-10(13(18)21-2)15-16-12-11(4-3-5-14-12)23(19,20)17-6-8-22-9-7-17/h3-5H,6-9H2,1-2H3,(H,14,16)/b15-10-. The molecule has 23 heavy (non-hydrogen) atoms. The summed E-state index contributed by atoms with van der Waals surface area (Å²) in [6, 6.07) is 2.96. The van der Waals surface area contributed by atoms with Gasteiger partial charge in [0.1, 0.15) is 10.6 Å². The van der Waals surface area contributed by atoms with Gasteiger partial charge in [-0.15, -0.1) is 0 Å². The van der Waals surface area contributed by atoms with Crippen LogP contribution >= 0.6 is 0 Å². The van der Waals surface area contributed by atoms with Crippen LogP contribution in [0.4, 0.5) is 5.82 Å². The highest BCUT2D eigenvalue weighted by Gasteiger charge is 2.29. The Morgan fingerprint density at radius 3 is 2.78 bits per heavy atom. The fourth-order valence-corrected chi connectivity index (χ4v) is 3.44. The number of hydrogen-bond acceptors (Lipinski definition) is 8. The van der Waals surface area contributed by atoms with Crippen molar-refractivity contribution in [2.24, 2.45) is 5.10 Å². The summed E-state index contributed by atoms with van der Waals surface area (Å²) in [5.41, 5.74) is 2.56. The van der Waals surface area contributed by atoms with E-state index in [1.807, 2.05) is 0 Å². The van der Waals surface area contributed by atoms with E-state index in [4.69, 9.17) is 4.74 Å². The Bertz CT molecular complexity index is 698. The van der Waals surface area contributed by atoms with Gasteiger partial charge in [-0.05, 0) is 19.1 Å². The van der Waals surface area contributed by atoms with Crippen molar-refractivity contribution in [2.75, 3.05) is 38.8 Å². The van der Waals surface area contributed by atoms with E-state index in [0.717, 1.165) is 0 Å². The highest BCUT2D eigenvalue weighted by atomic mass is 32.2. The Labute approximate surface area is 134 Å². The molecular weight excluding hydrogens is 324 g/mol. The van der Waals surface area contributed by atoms with E-state index in [-0.39, 0.29) is 29.5 Å². The molecule has 0 unspecified atom stereocenters. The van der Waals surface area contributed by atoms with E-state index in [2.05, 4.69) is 20.2 Å². The minimum Gasteiger partial charge on any atom is -0.464 e. The molecule has 0 aliphatic carbocycles. The zero-order chi connectivity index (χ0) is 16.9. The SMILES string of the molecule is COC(=O)/C(C)=N\Nc1ncccc1S(=O)(=O)N1CCOCC1. The van der Waals surface area contributed by atoms with Crippen LogP contribution in [-0.4, -0.2) is 62.8 Å². The lowest BCUT2D eigenvalue weighted by atomic mass is 10.4. The molecule has 1 aromatic rings. The van der Waals surface area contributed by atoms with Crippen LogP contribution < -0.4 is 5.43 Å². The molecule has 1 aliphatic heterocycles. The number of anilines is 1. The molecule has 0 amide bonds. The van der Waals surface area contributed by atoms with Gasteiger partial charge in [0.05, 0.1) is 20.3 Å². The predicted octanol–water partition coefficient (Wildman–Crippen LogP) is 0.0633. The zero-order valence-corrected chi connectivity index (χ0v) is 13.7. The maximum atomic E-state index is 12.7. The summed E-state index contributed by atoms with van der Waals surface area (Å²) in [5.74, 6) is -0.576. The highest BCUT2D eigenvalue weighted by Crippen LogP contribution is 2.23. The molecule has 1 saturated heterocycles. The van der Waals surface area contributed by atoms with Crippen LogP contribution in [0.25, 0.3) is 0 Å². The number of ether oxygens (including phenoxy) is 2. The number of sulfonamides is 1. The Morgan fingerprint density at radius 1 is 1.43 bits per heavy atom. The van der Waals surface area contributed by atoms with Crippen molar-refractivity contribution >= 4 is 27.5 Å². The first-order valence-corrected chi connectivity index (χ1v) is 8.32. The van der Waals surface area contributed by atoms with Gasteiger partial charge in [0.25, 0.3) is 0 Å². The zero-order valence-electron chi connectivity index (χ0n) is 12.9. The van der Waals surface area contributed by atoms with Crippen molar-refractivity contribution < 1.29 is 22.7 Å². The van der Waals surface area contributed by atoms with Crippen molar-refractivity contribution in [3.63, 3.8) is 0 Å². The van der Waals surface area contributed by atoms with Crippen molar-refractivity contribution in [3.8, 4) is 0 Å². The second-order valence-corrected chi connectivity index (χ2v) is 6.57. The molecule has 0 atom stereocenters. The van der Waals surface area contributed by atoms with Crippen LogP contribution in [0.1, 0.15) is 6.92 Å². The molecule has 126 valence electrons. The summed E-state index contributed by atoms with van der Waals surface area (Å²) >= 11 is 0. The Hall–Kier alpha value is -2.04. The van der Waals surface area contributed by atoms with Crippen molar-refractivity contribution in [3.05, 3.63) is 18.3 Å². The van der Waals surface area contributed by atoms with E-state index >= 15 is 0 Å². The Kier molecular flexibility index (Phi) is 5.64. The second kappa shape index (κ2) is 7.49. The lowest BCUT2D eigenvalue weighted by Gasteiger charge is -2.26. The summed E-state index contributed by atoms with van der Waals surface area (Å²) in [6.07, 6.45) is 1.43. The van der Waals surface area contributed by atoms with Gasteiger partial charge in [0.15, 0.2) is 5.82 Å².